The Hall–Kier alpha value is -4.24. The highest BCUT2D eigenvalue weighted by Gasteiger charge is 2.20. The van der Waals surface area contributed by atoms with Gasteiger partial charge in [-0.3, -0.25) is 14.6 Å². The van der Waals surface area contributed by atoms with Crippen LogP contribution in [0.5, 0.6) is 5.75 Å². The Morgan fingerprint density at radius 2 is 1.83 bits per heavy atom. The minimum Gasteiger partial charge on any atom is -0.496 e. The second-order valence-corrected chi connectivity index (χ2v) is 7.92. The highest BCUT2D eigenvalue weighted by atomic mass is 16.5. The number of pyridine rings is 1. The fourth-order valence-corrected chi connectivity index (χ4v) is 4.00. The minimum absolute atomic E-state index is 0.0943. The topological polar surface area (TPSA) is 107 Å². The van der Waals surface area contributed by atoms with Crippen molar-refractivity contribution in [2.24, 2.45) is 7.05 Å². The second kappa shape index (κ2) is 10.8. The van der Waals surface area contributed by atoms with E-state index in [4.69, 9.17) is 14.5 Å². The van der Waals surface area contributed by atoms with Crippen molar-refractivity contribution in [2.75, 3.05) is 32.7 Å². The van der Waals surface area contributed by atoms with E-state index in [0.29, 0.717) is 41.1 Å². The molecule has 0 atom stereocenters. The quantitative estimate of drug-likeness (QED) is 0.387. The van der Waals surface area contributed by atoms with Crippen molar-refractivity contribution in [3.8, 4) is 17.1 Å². The molecule has 0 bridgehead atoms. The van der Waals surface area contributed by atoms with Crippen LogP contribution in [-0.2, 0) is 23.0 Å². The molecule has 2 aromatic carbocycles. The summed E-state index contributed by atoms with van der Waals surface area (Å²) in [5.41, 5.74) is 3.99. The van der Waals surface area contributed by atoms with Gasteiger partial charge in [0.25, 0.3) is 5.91 Å². The Balaban J connectivity index is 1.67. The zero-order chi connectivity index (χ0) is 24.8. The van der Waals surface area contributed by atoms with E-state index in [2.05, 4.69) is 15.6 Å². The van der Waals surface area contributed by atoms with Gasteiger partial charge in [-0.1, -0.05) is 18.2 Å². The van der Waals surface area contributed by atoms with Crippen molar-refractivity contribution in [2.45, 2.75) is 6.42 Å². The molecule has 9 heteroatoms. The van der Waals surface area contributed by atoms with Crippen LogP contribution in [0.15, 0.2) is 60.9 Å². The number of amides is 2. The van der Waals surface area contributed by atoms with Crippen LogP contribution in [0.25, 0.3) is 22.4 Å². The molecule has 0 fully saturated rings. The number of fused-ring (bicyclic) bond motifs is 1. The number of imidazole rings is 1. The third-order valence-electron chi connectivity index (χ3n) is 5.58. The summed E-state index contributed by atoms with van der Waals surface area (Å²) in [5.74, 6) is 0.878. The Morgan fingerprint density at radius 3 is 2.57 bits per heavy atom. The lowest BCUT2D eigenvalue weighted by Gasteiger charge is -2.12. The number of methoxy groups -OCH3 is 2. The fraction of sp³-hybridized carbons (Fsp3) is 0.231. The Labute approximate surface area is 203 Å². The van der Waals surface area contributed by atoms with Gasteiger partial charge in [0.2, 0.25) is 5.91 Å². The van der Waals surface area contributed by atoms with Crippen molar-refractivity contribution in [1.82, 2.24) is 19.9 Å². The normalized spacial score (nSPS) is 10.8. The number of para-hydroxylation sites is 1. The van der Waals surface area contributed by atoms with Crippen LogP contribution in [0, 0.1) is 0 Å². The number of benzene rings is 2. The minimum atomic E-state index is -0.320. The van der Waals surface area contributed by atoms with Crippen LogP contribution in [-0.4, -0.2) is 53.7 Å². The molecule has 2 aromatic heterocycles. The average Bonchev–Trinajstić information content (AvgIpc) is 3.20. The number of nitrogens with one attached hydrogen (secondary N) is 2. The third-order valence-corrected chi connectivity index (χ3v) is 5.58. The van der Waals surface area contributed by atoms with Crippen LogP contribution < -0.4 is 15.4 Å². The number of nitrogens with zero attached hydrogens (tertiary/aromatic N) is 3. The molecule has 4 aromatic rings. The molecule has 0 aliphatic carbocycles. The summed E-state index contributed by atoms with van der Waals surface area (Å²) in [6.45, 7) is 0.318. The first kappa shape index (κ1) is 23.9. The first-order chi connectivity index (χ1) is 17.0. The zero-order valence-electron chi connectivity index (χ0n) is 19.9. The summed E-state index contributed by atoms with van der Waals surface area (Å²) in [4.78, 5) is 34.3. The lowest BCUT2D eigenvalue weighted by molar-refractivity contribution is -0.119. The van der Waals surface area contributed by atoms with Gasteiger partial charge in [0, 0.05) is 44.3 Å². The second-order valence-electron chi connectivity index (χ2n) is 7.92. The maximum Gasteiger partial charge on any atom is 0.253 e. The van der Waals surface area contributed by atoms with Gasteiger partial charge in [-0.2, -0.15) is 0 Å². The van der Waals surface area contributed by atoms with Gasteiger partial charge in [0.15, 0.2) is 0 Å². The number of ether oxygens (including phenoxy) is 2. The van der Waals surface area contributed by atoms with Gasteiger partial charge >= 0.3 is 0 Å². The summed E-state index contributed by atoms with van der Waals surface area (Å²) in [5, 5.41) is 5.77. The number of aromatic nitrogens is 3. The van der Waals surface area contributed by atoms with E-state index in [0.717, 1.165) is 16.9 Å². The van der Waals surface area contributed by atoms with Crippen molar-refractivity contribution >= 4 is 28.5 Å². The molecule has 35 heavy (non-hydrogen) atoms. The average molecular weight is 474 g/mol. The number of aryl methyl sites for hydroxylation is 1. The molecule has 0 saturated heterocycles. The van der Waals surface area contributed by atoms with Gasteiger partial charge in [0.1, 0.15) is 18.2 Å². The van der Waals surface area contributed by atoms with Crippen molar-refractivity contribution in [3.63, 3.8) is 0 Å². The molecule has 0 spiro atoms. The smallest absolute Gasteiger partial charge is 0.253 e. The van der Waals surface area contributed by atoms with E-state index in [1.165, 1.54) is 7.11 Å². The van der Waals surface area contributed by atoms with E-state index in [1.54, 1.807) is 31.6 Å². The molecule has 0 aliphatic rings. The van der Waals surface area contributed by atoms with E-state index in [-0.39, 0.29) is 18.4 Å². The summed E-state index contributed by atoms with van der Waals surface area (Å²) >= 11 is 0. The van der Waals surface area contributed by atoms with Crippen LogP contribution in [0.1, 0.15) is 15.9 Å². The monoisotopic (exact) mass is 473 g/mol. The van der Waals surface area contributed by atoms with Crippen LogP contribution in [0.3, 0.4) is 0 Å². The Bertz CT molecular complexity index is 1350. The lowest BCUT2D eigenvalue weighted by atomic mass is 10.1. The number of carbonyl (C=O) groups excluding carboxylic acids is 2. The molecule has 9 nitrogen and oxygen atoms in total. The SMILES string of the molecule is COCC(=O)Nc1cc(C(=O)NCCc2ccccc2OC)c2c(c1)nc(-c1ccncc1)n2C. The largest absolute Gasteiger partial charge is 0.496 e. The van der Waals surface area contributed by atoms with Crippen molar-refractivity contribution in [1.29, 1.82) is 0 Å². The van der Waals surface area contributed by atoms with E-state index >= 15 is 0 Å². The molecule has 180 valence electrons. The van der Waals surface area contributed by atoms with Crippen LogP contribution >= 0.6 is 0 Å². The number of hydrogen-bond acceptors (Lipinski definition) is 6. The number of anilines is 1. The Morgan fingerprint density at radius 1 is 1.06 bits per heavy atom. The van der Waals surface area contributed by atoms with Crippen molar-refractivity contribution in [3.05, 3.63) is 72.1 Å². The molecule has 4 rings (SSSR count). The predicted octanol–water partition coefficient (Wildman–Crippen LogP) is 3.20. The maximum atomic E-state index is 13.3. The van der Waals surface area contributed by atoms with E-state index < -0.39 is 0 Å². The summed E-state index contributed by atoms with van der Waals surface area (Å²) < 4.78 is 12.2. The molecule has 0 radical (unpaired) electrons. The molecule has 0 unspecified atom stereocenters. The zero-order valence-corrected chi connectivity index (χ0v) is 19.9. The van der Waals surface area contributed by atoms with Crippen molar-refractivity contribution < 1.29 is 19.1 Å². The summed E-state index contributed by atoms with van der Waals surface area (Å²) in [6, 6.07) is 14.8. The number of hydrogen-bond donors (Lipinski definition) is 2. The third kappa shape index (κ3) is 5.30. The summed E-state index contributed by atoms with van der Waals surface area (Å²) in [6.07, 6.45) is 3.99. The molecule has 0 saturated carbocycles. The highest BCUT2D eigenvalue weighted by molar-refractivity contribution is 6.08. The standard InChI is InChI=1S/C26H27N5O4/c1-31-24-20(26(33)28-13-10-17-6-4-5-7-22(17)35-3)14-19(29-23(32)16-34-2)15-21(24)30-25(31)18-8-11-27-12-9-18/h4-9,11-12,14-15H,10,13,16H2,1-3H3,(H,28,33)(H,29,32). The first-order valence-corrected chi connectivity index (χ1v) is 11.1. The molecule has 0 aliphatic heterocycles. The molecular formula is C26H27N5O4. The molecule has 2 amide bonds. The number of carbonyl (C=O) groups is 2. The van der Waals surface area contributed by atoms with Crippen LogP contribution in [0.2, 0.25) is 0 Å². The van der Waals surface area contributed by atoms with Gasteiger partial charge in [0.05, 0.1) is 23.7 Å². The molecule has 2 heterocycles. The fourth-order valence-electron chi connectivity index (χ4n) is 4.00. The summed E-state index contributed by atoms with van der Waals surface area (Å²) in [7, 11) is 4.93. The predicted molar refractivity (Wildman–Crippen MR) is 133 cm³/mol. The maximum absolute atomic E-state index is 13.3. The first-order valence-electron chi connectivity index (χ1n) is 11.1. The number of rotatable bonds is 9. The van der Waals surface area contributed by atoms with Gasteiger partial charge in [-0.05, 0) is 42.3 Å². The van der Waals surface area contributed by atoms with E-state index in [9.17, 15) is 9.59 Å². The molecule has 2 N–H and O–H groups in total. The van der Waals surface area contributed by atoms with Gasteiger partial charge in [-0.25, -0.2) is 4.98 Å². The van der Waals surface area contributed by atoms with Gasteiger partial charge < -0.3 is 24.7 Å². The Kier molecular flexibility index (Phi) is 7.37. The highest BCUT2D eigenvalue weighted by Crippen LogP contribution is 2.29. The van der Waals surface area contributed by atoms with Crippen LogP contribution in [0.4, 0.5) is 5.69 Å². The lowest BCUT2D eigenvalue weighted by Crippen LogP contribution is -2.26. The van der Waals surface area contributed by atoms with E-state index in [1.807, 2.05) is 48.0 Å². The molecular weight excluding hydrogens is 446 g/mol. The van der Waals surface area contributed by atoms with Gasteiger partial charge in [-0.15, -0.1) is 0 Å².